The van der Waals surface area contributed by atoms with Crippen molar-refractivity contribution in [2.45, 2.75) is 52.5 Å². The number of fused-ring (bicyclic) bond motifs is 1. The summed E-state index contributed by atoms with van der Waals surface area (Å²) < 4.78 is 13.4. The first-order valence-corrected chi connectivity index (χ1v) is 8.07. The predicted octanol–water partition coefficient (Wildman–Crippen LogP) is 4.66. The quantitative estimate of drug-likeness (QED) is 0.623. The number of rotatable bonds is 6. The summed E-state index contributed by atoms with van der Waals surface area (Å²) >= 11 is 0. The van der Waals surface area contributed by atoms with Gasteiger partial charge in [-0.25, -0.2) is 10.2 Å². The SMILES string of the molecule is CCC(CC)C(C)(CC)N(N)c1ccnc2cc(F)ccc12. The average molecular weight is 303 g/mol. The van der Waals surface area contributed by atoms with Gasteiger partial charge in [-0.1, -0.05) is 33.6 Å². The van der Waals surface area contributed by atoms with Crippen molar-refractivity contribution in [2.75, 3.05) is 5.01 Å². The first kappa shape index (κ1) is 16.7. The summed E-state index contributed by atoms with van der Waals surface area (Å²) in [4.78, 5) is 4.26. The number of anilines is 1. The molecule has 0 amide bonds. The highest BCUT2D eigenvalue weighted by atomic mass is 19.1. The molecule has 0 radical (unpaired) electrons. The van der Waals surface area contributed by atoms with E-state index in [1.165, 1.54) is 12.1 Å². The number of benzene rings is 1. The second-order valence-corrected chi connectivity index (χ2v) is 6.09. The molecule has 22 heavy (non-hydrogen) atoms. The Labute approximate surface area is 132 Å². The molecule has 2 N–H and O–H groups in total. The number of hydrazine groups is 1. The van der Waals surface area contributed by atoms with Gasteiger partial charge >= 0.3 is 0 Å². The Morgan fingerprint density at radius 3 is 2.50 bits per heavy atom. The first-order chi connectivity index (χ1) is 10.5. The molecule has 1 unspecified atom stereocenters. The second kappa shape index (κ2) is 6.61. The lowest BCUT2D eigenvalue weighted by Crippen LogP contribution is -2.55. The van der Waals surface area contributed by atoms with Gasteiger partial charge in [-0.15, -0.1) is 0 Å². The number of hydrogen-bond acceptors (Lipinski definition) is 3. The summed E-state index contributed by atoms with van der Waals surface area (Å²) in [6.07, 6.45) is 4.79. The molecule has 1 heterocycles. The zero-order valence-corrected chi connectivity index (χ0v) is 13.9. The molecule has 4 heteroatoms. The Bertz CT molecular complexity index is 639. The number of hydrogen-bond donors (Lipinski definition) is 1. The van der Waals surface area contributed by atoms with E-state index in [0.717, 1.165) is 30.3 Å². The molecule has 0 aliphatic heterocycles. The van der Waals surface area contributed by atoms with Crippen LogP contribution in [-0.4, -0.2) is 10.5 Å². The third kappa shape index (κ3) is 2.80. The van der Waals surface area contributed by atoms with Gasteiger partial charge in [0.15, 0.2) is 0 Å². The molecule has 0 aliphatic rings. The Kier molecular flexibility index (Phi) is 5.01. The van der Waals surface area contributed by atoms with Gasteiger partial charge in [-0.2, -0.15) is 0 Å². The third-order valence-electron chi connectivity index (χ3n) is 5.07. The van der Waals surface area contributed by atoms with E-state index in [9.17, 15) is 4.39 Å². The van der Waals surface area contributed by atoms with E-state index in [2.05, 4.69) is 32.7 Å². The number of halogens is 1. The Morgan fingerprint density at radius 1 is 1.23 bits per heavy atom. The maximum Gasteiger partial charge on any atom is 0.125 e. The summed E-state index contributed by atoms with van der Waals surface area (Å²) in [5, 5.41) is 2.75. The molecule has 2 rings (SSSR count). The van der Waals surface area contributed by atoms with Gasteiger partial charge in [0.2, 0.25) is 0 Å². The summed E-state index contributed by atoms with van der Waals surface area (Å²) in [6.45, 7) is 8.79. The molecule has 1 atom stereocenters. The molecule has 1 aromatic carbocycles. The Morgan fingerprint density at radius 2 is 1.91 bits per heavy atom. The number of nitrogens with two attached hydrogens (primary N) is 1. The van der Waals surface area contributed by atoms with Crippen LogP contribution in [0.1, 0.15) is 47.0 Å². The fraction of sp³-hybridized carbons (Fsp3) is 0.500. The zero-order chi connectivity index (χ0) is 16.3. The molecule has 0 spiro atoms. The maximum absolute atomic E-state index is 13.4. The van der Waals surface area contributed by atoms with Crippen LogP contribution in [0.4, 0.5) is 10.1 Å². The molecule has 0 aliphatic carbocycles. The maximum atomic E-state index is 13.4. The van der Waals surface area contributed by atoms with Crippen molar-refractivity contribution >= 4 is 16.6 Å². The van der Waals surface area contributed by atoms with E-state index in [4.69, 9.17) is 5.84 Å². The van der Waals surface area contributed by atoms with Crippen LogP contribution in [-0.2, 0) is 0 Å². The standard InChI is InChI=1S/C18H26FN3/c1-5-13(6-2)18(4,7-3)22(20)17-10-11-21-16-12-14(19)8-9-15(16)17/h8-13H,5-7,20H2,1-4H3. The number of aromatic nitrogens is 1. The van der Waals surface area contributed by atoms with E-state index in [1.54, 1.807) is 12.3 Å². The highest BCUT2D eigenvalue weighted by molar-refractivity contribution is 5.91. The van der Waals surface area contributed by atoms with Crippen LogP contribution in [0.25, 0.3) is 10.9 Å². The normalized spacial score (nSPS) is 14.3. The van der Waals surface area contributed by atoms with Crippen molar-refractivity contribution in [1.82, 2.24) is 4.98 Å². The molecule has 2 aromatic rings. The minimum absolute atomic E-state index is 0.147. The number of pyridine rings is 1. The molecule has 0 saturated heterocycles. The van der Waals surface area contributed by atoms with Gasteiger partial charge in [0.05, 0.1) is 16.7 Å². The van der Waals surface area contributed by atoms with Gasteiger partial charge in [0.25, 0.3) is 0 Å². The Hall–Kier alpha value is -1.68. The lowest BCUT2D eigenvalue weighted by Gasteiger charge is -2.45. The first-order valence-electron chi connectivity index (χ1n) is 8.07. The van der Waals surface area contributed by atoms with E-state index in [0.29, 0.717) is 11.4 Å². The van der Waals surface area contributed by atoms with Crippen LogP contribution in [0.2, 0.25) is 0 Å². The summed E-state index contributed by atoms with van der Waals surface area (Å²) in [6, 6.07) is 6.58. The predicted molar refractivity (Wildman–Crippen MR) is 91.1 cm³/mol. The van der Waals surface area contributed by atoms with E-state index in [1.807, 2.05) is 11.1 Å². The van der Waals surface area contributed by atoms with Crippen molar-refractivity contribution in [3.05, 3.63) is 36.3 Å². The summed E-state index contributed by atoms with van der Waals surface area (Å²) in [7, 11) is 0. The third-order valence-corrected chi connectivity index (χ3v) is 5.07. The van der Waals surface area contributed by atoms with Crippen molar-refractivity contribution < 1.29 is 4.39 Å². The van der Waals surface area contributed by atoms with Crippen LogP contribution in [0, 0.1) is 11.7 Å². The minimum atomic E-state index is -0.279. The van der Waals surface area contributed by atoms with Gasteiger partial charge in [-0.3, -0.25) is 4.98 Å². The lowest BCUT2D eigenvalue weighted by atomic mass is 9.79. The van der Waals surface area contributed by atoms with Crippen LogP contribution in [0.3, 0.4) is 0 Å². The van der Waals surface area contributed by atoms with Crippen LogP contribution in [0.5, 0.6) is 0 Å². The van der Waals surface area contributed by atoms with Crippen LogP contribution >= 0.6 is 0 Å². The van der Waals surface area contributed by atoms with E-state index >= 15 is 0 Å². The molecule has 3 nitrogen and oxygen atoms in total. The highest BCUT2D eigenvalue weighted by Gasteiger charge is 2.36. The largest absolute Gasteiger partial charge is 0.304 e. The average Bonchev–Trinajstić information content (AvgIpc) is 2.54. The summed E-state index contributed by atoms with van der Waals surface area (Å²) in [5.74, 6) is 6.77. The van der Waals surface area contributed by atoms with Gasteiger partial charge in [0, 0.05) is 17.6 Å². The topological polar surface area (TPSA) is 42.1 Å². The molecule has 0 bridgehead atoms. The molecular weight excluding hydrogens is 277 g/mol. The molecular formula is C18H26FN3. The summed E-state index contributed by atoms with van der Waals surface area (Å²) in [5.41, 5.74) is 1.39. The van der Waals surface area contributed by atoms with Crippen molar-refractivity contribution in [1.29, 1.82) is 0 Å². The molecule has 120 valence electrons. The van der Waals surface area contributed by atoms with E-state index in [-0.39, 0.29) is 11.4 Å². The fourth-order valence-corrected chi connectivity index (χ4v) is 3.42. The Balaban J connectivity index is 2.54. The lowest BCUT2D eigenvalue weighted by molar-refractivity contribution is 0.250. The fourth-order valence-electron chi connectivity index (χ4n) is 3.42. The van der Waals surface area contributed by atoms with Crippen molar-refractivity contribution in [2.24, 2.45) is 11.8 Å². The van der Waals surface area contributed by atoms with Gasteiger partial charge in [0.1, 0.15) is 5.82 Å². The highest BCUT2D eigenvalue weighted by Crippen LogP contribution is 2.36. The second-order valence-electron chi connectivity index (χ2n) is 6.09. The monoisotopic (exact) mass is 303 g/mol. The smallest absolute Gasteiger partial charge is 0.125 e. The van der Waals surface area contributed by atoms with Gasteiger partial charge in [-0.05, 0) is 37.5 Å². The minimum Gasteiger partial charge on any atom is -0.304 e. The molecule has 1 aromatic heterocycles. The van der Waals surface area contributed by atoms with Gasteiger partial charge < -0.3 is 5.01 Å². The molecule has 0 fully saturated rings. The van der Waals surface area contributed by atoms with Crippen LogP contribution < -0.4 is 10.9 Å². The van der Waals surface area contributed by atoms with E-state index < -0.39 is 0 Å². The van der Waals surface area contributed by atoms with Crippen LogP contribution in [0.15, 0.2) is 30.5 Å². The zero-order valence-electron chi connectivity index (χ0n) is 13.9. The van der Waals surface area contributed by atoms with Crippen molar-refractivity contribution in [3.63, 3.8) is 0 Å². The van der Waals surface area contributed by atoms with Crippen molar-refractivity contribution in [3.8, 4) is 0 Å². The molecule has 0 saturated carbocycles. The number of nitrogens with zero attached hydrogens (tertiary/aromatic N) is 2.